The molecule has 66 heavy (non-hydrogen) atoms. The molecule has 0 unspecified atom stereocenters. The number of aryl methyl sites for hydroxylation is 2. The van der Waals surface area contributed by atoms with E-state index in [0.717, 1.165) is 35.6 Å². The van der Waals surface area contributed by atoms with Crippen LogP contribution in [0.3, 0.4) is 0 Å². The predicted molar refractivity (Wildman–Crippen MR) is 242 cm³/mol. The van der Waals surface area contributed by atoms with Gasteiger partial charge < -0.3 is 14.2 Å². The Morgan fingerprint density at radius 2 is 1.71 bits per heavy atom. The van der Waals surface area contributed by atoms with E-state index in [-0.39, 0.29) is 35.7 Å². The Labute approximate surface area is 379 Å². The van der Waals surface area contributed by atoms with Gasteiger partial charge in [-0.1, -0.05) is 30.3 Å². The molecule has 1 saturated carbocycles. The number of ether oxygens (including phenoxy) is 1. The summed E-state index contributed by atoms with van der Waals surface area (Å²) in [6.45, 7) is 12.6. The van der Waals surface area contributed by atoms with Crippen molar-refractivity contribution >= 4 is 26.8 Å². The van der Waals surface area contributed by atoms with Gasteiger partial charge in [0, 0.05) is 42.6 Å². The molecule has 4 atom stereocenters. The molecule has 6 heterocycles. The number of aromatic amines is 1. The summed E-state index contributed by atoms with van der Waals surface area (Å²) in [5.41, 5.74) is 4.48. The molecule has 1 saturated heterocycles. The maximum Gasteiger partial charge on any atom is 0.438 e. The number of aromatic nitrogens is 8. The molecule has 3 aliphatic rings. The number of hydrogen-bond donors (Lipinski definition) is 2. The molecular weight excluding hydrogens is 868 g/mol. The van der Waals surface area contributed by atoms with Gasteiger partial charge in [-0.15, -0.1) is 0 Å². The van der Waals surface area contributed by atoms with Gasteiger partial charge >= 0.3 is 11.4 Å². The van der Waals surface area contributed by atoms with Gasteiger partial charge in [-0.3, -0.25) is 14.3 Å². The van der Waals surface area contributed by atoms with E-state index >= 15 is 9.18 Å². The minimum absolute atomic E-state index is 0.00187. The minimum atomic E-state index is -3.42. The van der Waals surface area contributed by atoms with E-state index in [1.165, 1.54) is 15.6 Å². The van der Waals surface area contributed by atoms with Crippen LogP contribution in [-0.4, -0.2) is 83.1 Å². The largest absolute Gasteiger partial charge is 0.438 e. The first-order chi connectivity index (χ1) is 31.3. The summed E-state index contributed by atoms with van der Waals surface area (Å²) in [5, 5.41) is 14.6. The van der Waals surface area contributed by atoms with E-state index < -0.39 is 33.0 Å². The Bertz CT molecular complexity index is 3300. The Hall–Kier alpha value is -6.44. The van der Waals surface area contributed by atoms with Crippen LogP contribution in [0.5, 0.6) is 0 Å². The van der Waals surface area contributed by atoms with Gasteiger partial charge in [0.1, 0.15) is 23.4 Å². The smallest absolute Gasteiger partial charge is 0.376 e. The van der Waals surface area contributed by atoms with Gasteiger partial charge in [0.05, 0.1) is 35.0 Å². The van der Waals surface area contributed by atoms with Crippen LogP contribution in [0.2, 0.25) is 0 Å². The van der Waals surface area contributed by atoms with Crippen molar-refractivity contribution in [1.29, 1.82) is 0 Å². The van der Waals surface area contributed by atoms with Gasteiger partial charge in [0.2, 0.25) is 10.0 Å². The number of fused-ring (bicyclic) bond motifs is 2. The first-order valence-corrected chi connectivity index (χ1v) is 24.0. The van der Waals surface area contributed by atoms with Crippen molar-refractivity contribution < 1.29 is 26.9 Å². The third-order valence-corrected chi connectivity index (χ3v) is 14.4. The third kappa shape index (κ3) is 7.32. The molecule has 19 heteroatoms. The Morgan fingerprint density at radius 1 is 0.985 bits per heavy atom. The summed E-state index contributed by atoms with van der Waals surface area (Å²) in [4.78, 5) is 47.1. The monoisotopic (exact) mass is 918 g/mol. The summed E-state index contributed by atoms with van der Waals surface area (Å²) in [6, 6.07) is 17.8. The molecule has 10 rings (SSSR count). The molecule has 17 nitrogen and oxygen atoms in total. The number of H-pyrrole nitrogens is 1. The number of nitrogens with one attached hydrogen (secondary N) is 2. The number of benzene rings is 3. The predicted octanol–water partition coefficient (Wildman–Crippen LogP) is 5.86. The van der Waals surface area contributed by atoms with Gasteiger partial charge in [-0.25, -0.2) is 36.4 Å². The molecule has 7 aromatic rings. The average molecular weight is 919 g/mol. The van der Waals surface area contributed by atoms with E-state index in [9.17, 15) is 18.0 Å². The molecule has 4 aromatic heterocycles. The summed E-state index contributed by atoms with van der Waals surface area (Å²) >= 11 is 0. The topological polar surface area (TPSA) is 197 Å². The zero-order valence-electron chi connectivity index (χ0n) is 37.8. The Morgan fingerprint density at radius 3 is 2.36 bits per heavy atom. The minimum Gasteiger partial charge on any atom is -0.376 e. The maximum atomic E-state index is 15.5. The van der Waals surface area contributed by atoms with Crippen LogP contribution in [0.15, 0.2) is 81.1 Å². The number of halogens is 1. The van der Waals surface area contributed by atoms with Crippen molar-refractivity contribution in [3.05, 3.63) is 139 Å². The standard InChI is InChI=1S/C47H51FN10O7S/c1-26-18-35(19-27(2)40(26)48)57-41(55-25-49-58(45(55)61)34-11-8-30(9-12-34)24-50-66(7,62)63)39-29(4)54(16-14-36(39)52-57)42(59)38-21-33-20-31(32-15-17-64-46(5,6)23-32)10-13-37(33)56(38)47(22-28(47)3)43-51-44(60)65-53-43/h8-13,18-21,25,28-29,32,50H,14-17,22-24H2,1-7H3,(H,51,53,60)/t28-,29-,32-,47-/m0/s1. The molecule has 2 aliphatic heterocycles. The lowest BCUT2D eigenvalue weighted by molar-refractivity contribution is -0.0592. The summed E-state index contributed by atoms with van der Waals surface area (Å²) in [6.07, 6.45) is 5.17. The molecule has 0 bridgehead atoms. The molecule has 0 spiro atoms. The second kappa shape index (κ2) is 15.6. The summed E-state index contributed by atoms with van der Waals surface area (Å²) in [5.74, 6) is -0.325. The van der Waals surface area contributed by atoms with Crippen LogP contribution in [0.25, 0.3) is 28.1 Å². The lowest BCUT2D eigenvalue weighted by Gasteiger charge is -2.35. The highest BCUT2D eigenvalue weighted by molar-refractivity contribution is 7.88. The highest BCUT2D eigenvalue weighted by Gasteiger charge is 2.59. The van der Waals surface area contributed by atoms with Gasteiger partial charge in [-0.05, 0) is 130 Å². The summed E-state index contributed by atoms with van der Waals surface area (Å²) in [7, 11) is -3.42. The number of amides is 1. The molecule has 2 fully saturated rings. The quantitative estimate of drug-likeness (QED) is 0.168. The van der Waals surface area contributed by atoms with Gasteiger partial charge in [0.15, 0.2) is 11.6 Å². The van der Waals surface area contributed by atoms with Gasteiger partial charge in [0.25, 0.3) is 5.91 Å². The molecular formula is C47H51FN10O7S. The van der Waals surface area contributed by atoms with E-state index in [1.807, 2.05) is 17.6 Å². The molecule has 3 aromatic carbocycles. The lowest BCUT2D eigenvalue weighted by atomic mass is 9.83. The summed E-state index contributed by atoms with van der Waals surface area (Å²) < 4.78 is 58.3. The first-order valence-electron chi connectivity index (χ1n) is 22.1. The molecule has 2 N–H and O–H groups in total. The fourth-order valence-corrected chi connectivity index (χ4v) is 10.7. The zero-order valence-corrected chi connectivity index (χ0v) is 38.6. The van der Waals surface area contributed by atoms with Crippen LogP contribution >= 0.6 is 0 Å². The van der Waals surface area contributed by atoms with Crippen molar-refractivity contribution in [1.82, 2.24) is 48.5 Å². The third-order valence-electron chi connectivity index (χ3n) is 13.7. The van der Waals surface area contributed by atoms with Crippen molar-refractivity contribution in [2.75, 3.05) is 19.4 Å². The van der Waals surface area contributed by atoms with Crippen LogP contribution in [0.1, 0.15) is 109 Å². The highest BCUT2D eigenvalue weighted by Crippen LogP contribution is 2.56. The Balaban J connectivity index is 1.09. The highest BCUT2D eigenvalue weighted by atomic mass is 32.2. The first kappa shape index (κ1) is 43.5. The molecule has 1 amide bonds. The number of hydrogen-bond acceptors (Lipinski definition) is 10. The molecule has 1 aliphatic carbocycles. The fourth-order valence-electron chi connectivity index (χ4n) is 10.3. The number of sulfonamides is 1. The number of rotatable bonds is 10. The Kier molecular flexibility index (Phi) is 10.3. The van der Waals surface area contributed by atoms with Crippen molar-refractivity contribution in [3.63, 3.8) is 0 Å². The van der Waals surface area contributed by atoms with Crippen LogP contribution in [0, 0.1) is 25.6 Å². The van der Waals surface area contributed by atoms with Crippen molar-refractivity contribution in [2.24, 2.45) is 5.92 Å². The SMILES string of the molecule is Cc1cc(-n2nc3c(c2-n2cnn(-c4ccc(CNS(C)(=O)=O)cc4)c2=O)[C@H](C)N(C(=O)c2cc4cc([C@H]5CCOC(C)(C)C5)ccc4n2[C@@]2(c4noc(=O)[nH]4)C[C@@H]2C)CC3)cc(C)c1F. The number of carbonyl (C=O) groups is 1. The van der Waals surface area contributed by atoms with Crippen LogP contribution in [-0.2, 0) is 33.3 Å². The van der Waals surface area contributed by atoms with E-state index in [1.54, 1.807) is 59.8 Å². The second-order valence-electron chi connectivity index (χ2n) is 18.8. The van der Waals surface area contributed by atoms with Crippen molar-refractivity contribution in [3.8, 4) is 17.2 Å². The van der Waals surface area contributed by atoms with E-state index in [0.29, 0.717) is 82.7 Å². The maximum absolute atomic E-state index is 15.5. The van der Waals surface area contributed by atoms with E-state index in [4.69, 9.17) is 14.4 Å². The zero-order chi connectivity index (χ0) is 46.6. The second-order valence-corrected chi connectivity index (χ2v) is 20.7. The van der Waals surface area contributed by atoms with Gasteiger partial charge in [-0.2, -0.15) is 14.9 Å². The van der Waals surface area contributed by atoms with E-state index in [2.05, 4.69) is 58.9 Å². The average Bonchev–Trinajstić information content (AvgIpc) is 3.76. The van der Waals surface area contributed by atoms with Crippen LogP contribution < -0.4 is 16.2 Å². The number of carbonyl (C=O) groups excluding carboxylic acids is 1. The molecule has 0 radical (unpaired) electrons. The lowest BCUT2D eigenvalue weighted by Crippen LogP contribution is -2.41. The normalized spacial score (nSPS) is 21.6. The van der Waals surface area contributed by atoms with Crippen molar-refractivity contribution in [2.45, 2.75) is 96.9 Å². The fraction of sp³-hybridized carbons (Fsp3) is 0.404. The van der Waals surface area contributed by atoms with Crippen LogP contribution in [0.4, 0.5) is 4.39 Å². The number of nitrogens with zero attached hydrogens (tertiary/aromatic N) is 8. The molecule has 344 valence electrons.